The van der Waals surface area contributed by atoms with E-state index < -0.39 is 0 Å². The van der Waals surface area contributed by atoms with Crippen LogP contribution in [-0.4, -0.2) is 37.6 Å². The first kappa shape index (κ1) is 13.3. The average Bonchev–Trinajstić information content (AvgIpc) is 3.06. The second-order valence-electron chi connectivity index (χ2n) is 5.69. The second-order valence-corrected chi connectivity index (χ2v) is 5.69. The van der Waals surface area contributed by atoms with Gasteiger partial charge in [0.1, 0.15) is 0 Å². The number of benzene rings is 1. The molecule has 2 fully saturated rings. The van der Waals surface area contributed by atoms with Crippen LogP contribution in [0.15, 0.2) is 24.3 Å². The lowest BCUT2D eigenvalue weighted by Gasteiger charge is -2.18. The van der Waals surface area contributed by atoms with Gasteiger partial charge in [0.05, 0.1) is 7.11 Å². The number of ether oxygens (including phenoxy) is 2. The lowest BCUT2D eigenvalue weighted by atomic mass is 10.0. The van der Waals surface area contributed by atoms with Crippen LogP contribution in [0.2, 0.25) is 0 Å². The van der Waals surface area contributed by atoms with Crippen LogP contribution in [-0.2, 0) is 4.79 Å². The molecule has 1 heterocycles. The third-order valence-electron chi connectivity index (χ3n) is 4.50. The number of amides is 1. The summed E-state index contributed by atoms with van der Waals surface area (Å²) in [6, 6.07) is 7.42. The van der Waals surface area contributed by atoms with Crippen LogP contribution in [0.25, 0.3) is 0 Å². The molecule has 1 aromatic rings. The van der Waals surface area contributed by atoms with Crippen molar-refractivity contribution < 1.29 is 14.3 Å². The van der Waals surface area contributed by atoms with Crippen LogP contribution in [0.1, 0.15) is 19.3 Å². The molecule has 1 aliphatic carbocycles. The zero-order valence-corrected chi connectivity index (χ0v) is 11.9. The SMILES string of the molecule is COc1ccccc1OCC(=O)N1CC2CCCC2C1. The number of carbonyl (C=O) groups excluding carboxylic acids is 1. The van der Waals surface area contributed by atoms with Crippen LogP contribution in [0, 0.1) is 11.8 Å². The van der Waals surface area contributed by atoms with E-state index in [1.807, 2.05) is 29.2 Å². The van der Waals surface area contributed by atoms with E-state index in [-0.39, 0.29) is 12.5 Å². The van der Waals surface area contributed by atoms with Crippen molar-refractivity contribution in [3.05, 3.63) is 24.3 Å². The summed E-state index contributed by atoms with van der Waals surface area (Å²) in [5.41, 5.74) is 0. The van der Waals surface area contributed by atoms with Crippen molar-refractivity contribution in [3.63, 3.8) is 0 Å². The Bertz CT molecular complexity index is 476. The second kappa shape index (κ2) is 5.73. The Morgan fingerprint density at radius 2 is 1.85 bits per heavy atom. The van der Waals surface area contributed by atoms with Gasteiger partial charge in [0, 0.05) is 13.1 Å². The summed E-state index contributed by atoms with van der Waals surface area (Å²) in [6.07, 6.45) is 3.89. The molecule has 108 valence electrons. The molecule has 1 aliphatic heterocycles. The maximum atomic E-state index is 12.2. The highest BCUT2D eigenvalue weighted by atomic mass is 16.5. The third kappa shape index (κ3) is 2.60. The number of hydrogen-bond acceptors (Lipinski definition) is 3. The Kier molecular flexibility index (Phi) is 3.81. The van der Waals surface area contributed by atoms with E-state index in [1.165, 1.54) is 19.3 Å². The molecule has 0 aromatic heterocycles. The van der Waals surface area contributed by atoms with E-state index in [0.29, 0.717) is 11.5 Å². The van der Waals surface area contributed by atoms with Crippen LogP contribution in [0.4, 0.5) is 0 Å². The van der Waals surface area contributed by atoms with Gasteiger partial charge in [0.25, 0.3) is 5.91 Å². The summed E-state index contributed by atoms with van der Waals surface area (Å²) >= 11 is 0. The first-order chi connectivity index (χ1) is 9.78. The summed E-state index contributed by atoms with van der Waals surface area (Å²) < 4.78 is 10.8. The van der Waals surface area contributed by atoms with Gasteiger partial charge >= 0.3 is 0 Å². The molecule has 2 atom stereocenters. The van der Waals surface area contributed by atoms with Gasteiger partial charge in [0.15, 0.2) is 18.1 Å². The monoisotopic (exact) mass is 275 g/mol. The van der Waals surface area contributed by atoms with Gasteiger partial charge in [-0.15, -0.1) is 0 Å². The predicted molar refractivity (Wildman–Crippen MR) is 75.9 cm³/mol. The van der Waals surface area contributed by atoms with Crippen LogP contribution < -0.4 is 9.47 Å². The topological polar surface area (TPSA) is 38.8 Å². The van der Waals surface area contributed by atoms with Crippen LogP contribution >= 0.6 is 0 Å². The summed E-state index contributed by atoms with van der Waals surface area (Å²) in [6.45, 7) is 1.93. The highest BCUT2D eigenvalue weighted by Gasteiger charge is 2.37. The van der Waals surface area contributed by atoms with Gasteiger partial charge in [-0.1, -0.05) is 18.6 Å². The Morgan fingerprint density at radius 1 is 1.20 bits per heavy atom. The van der Waals surface area contributed by atoms with Gasteiger partial charge in [0.2, 0.25) is 0 Å². The number of nitrogens with zero attached hydrogens (tertiary/aromatic N) is 1. The standard InChI is InChI=1S/C16H21NO3/c1-19-14-7-2-3-8-15(14)20-11-16(18)17-9-12-5-4-6-13(12)10-17/h2-3,7-8,12-13H,4-6,9-11H2,1H3. The molecule has 1 amide bonds. The lowest BCUT2D eigenvalue weighted by molar-refractivity contribution is -0.132. The quantitative estimate of drug-likeness (QED) is 0.846. The minimum absolute atomic E-state index is 0.0882. The highest BCUT2D eigenvalue weighted by molar-refractivity contribution is 5.78. The Balaban J connectivity index is 1.55. The minimum Gasteiger partial charge on any atom is -0.493 e. The normalized spacial score (nSPS) is 24.6. The molecule has 20 heavy (non-hydrogen) atoms. The average molecular weight is 275 g/mol. The number of fused-ring (bicyclic) bond motifs is 1. The van der Waals surface area contributed by atoms with Crippen molar-refractivity contribution >= 4 is 5.91 Å². The van der Waals surface area contributed by atoms with Gasteiger partial charge in [-0.2, -0.15) is 0 Å². The summed E-state index contributed by atoms with van der Waals surface area (Å²) in [5.74, 6) is 2.84. The fourth-order valence-electron chi connectivity index (χ4n) is 3.41. The molecule has 0 bridgehead atoms. The maximum absolute atomic E-state index is 12.2. The van der Waals surface area contributed by atoms with E-state index in [0.717, 1.165) is 24.9 Å². The van der Waals surface area contributed by atoms with E-state index in [1.54, 1.807) is 7.11 Å². The number of carbonyl (C=O) groups is 1. The van der Waals surface area contributed by atoms with Gasteiger partial charge in [-0.05, 0) is 36.8 Å². The number of methoxy groups -OCH3 is 1. The number of likely N-dealkylation sites (tertiary alicyclic amines) is 1. The van der Waals surface area contributed by atoms with Crippen molar-refractivity contribution in [1.29, 1.82) is 0 Å². The molecule has 1 saturated carbocycles. The molecule has 2 aliphatic rings. The summed E-state index contributed by atoms with van der Waals surface area (Å²) in [4.78, 5) is 14.2. The van der Waals surface area contributed by atoms with E-state index in [9.17, 15) is 4.79 Å². The minimum atomic E-state index is 0.0882. The molecular weight excluding hydrogens is 254 g/mol. The zero-order valence-electron chi connectivity index (χ0n) is 11.9. The number of hydrogen-bond donors (Lipinski definition) is 0. The van der Waals surface area contributed by atoms with E-state index >= 15 is 0 Å². The highest BCUT2D eigenvalue weighted by Crippen LogP contribution is 2.37. The molecule has 1 aromatic carbocycles. The van der Waals surface area contributed by atoms with Gasteiger partial charge < -0.3 is 14.4 Å². The van der Waals surface area contributed by atoms with Gasteiger partial charge in [-0.25, -0.2) is 0 Å². The number of rotatable bonds is 4. The molecule has 0 radical (unpaired) electrons. The maximum Gasteiger partial charge on any atom is 0.260 e. The van der Waals surface area contributed by atoms with E-state index in [2.05, 4.69) is 0 Å². The molecule has 1 saturated heterocycles. The van der Waals surface area contributed by atoms with Crippen LogP contribution in [0.5, 0.6) is 11.5 Å². The predicted octanol–water partition coefficient (Wildman–Crippen LogP) is 2.33. The molecule has 3 rings (SSSR count). The van der Waals surface area contributed by atoms with Crippen LogP contribution in [0.3, 0.4) is 0 Å². The Morgan fingerprint density at radius 3 is 2.50 bits per heavy atom. The van der Waals surface area contributed by atoms with Crippen molar-refractivity contribution in [2.24, 2.45) is 11.8 Å². The number of para-hydroxylation sites is 2. The molecule has 4 nitrogen and oxygen atoms in total. The van der Waals surface area contributed by atoms with Crippen molar-refractivity contribution in [3.8, 4) is 11.5 Å². The van der Waals surface area contributed by atoms with Crippen molar-refractivity contribution in [1.82, 2.24) is 4.90 Å². The van der Waals surface area contributed by atoms with Gasteiger partial charge in [-0.3, -0.25) is 4.79 Å². The zero-order chi connectivity index (χ0) is 13.9. The van der Waals surface area contributed by atoms with Crippen molar-refractivity contribution in [2.75, 3.05) is 26.8 Å². The smallest absolute Gasteiger partial charge is 0.260 e. The molecule has 0 N–H and O–H groups in total. The molecular formula is C16H21NO3. The third-order valence-corrected chi connectivity index (χ3v) is 4.50. The van der Waals surface area contributed by atoms with E-state index in [4.69, 9.17) is 9.47 Å². The first-order valence-electron chi connectivity index (χ1n) is 7.31. The Hall–Kier alpha value is -1.71. The first-order valence-corrected chi connectivity index (χ1v) is 7.31. The Labute approximate surface area is 119 Å². The lowest BCUT2D eigenvalue weighted by Crippen LogP contribution is -2.33. The summed E-state index contributed by atoms with van der Waals surface area (Å²) in [7, 11) is 1.60. The summed E-state index contributed by atoms with van der Waals surface area (Å²) in [5, 5.41) is 0. The fraction of sp³-hybridized carbons (Fsp3) is 0.562. The fourth-order valence-corrected chi connectivity index (χ4v) is 3.41. The molecule has 0 spiro atoms. The van der Waals surface area contributed by atoms with Crippen molar-refractivity contribution in [2.45, 2.75) is 19.3 Å². The molecule has 4 heteroatoms. The molecule has 2 unspecified atom stereocenters. The largest absolute Gasteiger partial charge is 0.493 e.